The number of hydrogen-bond donors (Lipinski definition) is 3. The number of carbonyl (C=O) groups excluding carboxylic acids is 1. The van der Waals surface area contributed by atoms with Gasteiger partial charge in [-0.2, -0.15) is 0 Å². The largest absolute Gasteiger partial charge is 0.394 e. The van der Waals surface area contributed by atoms with Gasteiger partial charge in [-0.3, -0.25) is 14.8 Å². The number of nitrogens with zero attached hydrogens (tertiary/aromatic N) is 3. The van der Waals surface area contributed by atoms with Crippen molar-refractivity contribution < 1.29 is 19.7 Å². The van der Waals surface area contributed by atoms with Gasteiger partial charge in [0.15, 0.2) is 0 Å². The van der Waals surface area contributed by atoms with Crippen LogP contribution in [0.15, 0.2) is 17.8 Å². The molecule has 0 aliphatic carbocycles. The third-order valence-electron chi connectivity index (χ3n) is 3.70. The molecule has 2 aromatic heterocycles. The zero-order chi connectivity index (χ0) is 17.1. The third-order valence-corrected chi connectivity index (χ3v) is 4.64. The Balaban J connectivity index is 1.59. The molecule has 9 heteroatoms. The molecule has 3 rings (SSSR count). The number of carbonyl (C=O) groups is 1. The molecule has 128 valence electrons. The highest BCUT2D eigenvalue weighted by molar-refractivity contribution is 7.09. The third kappa shape index (κ3) is 3.75. The Labute approximate surface area is 142 Å². The minimum Gasteiger partial charge on any atom is -0.394 e. The van der Waals surface area contributed by atoms with Crippen LogP contribution in [-0.2, 0) is 11.3 Å². The lowest BCUT2D eigenvalue weighted by Gasteiger charge is -2.09. The molecule has 8 nitrogen and oxygen atoms in total. The van der Waals surface area contributed by atoms with Gasteiger partial charge in [0.1, 0.15) is 22.9 Å². The second-order valence-electron chi connectivity index (χ2n) is 5.55. The van der Waals surface area contributed by atoms with Crippen molar-refractivity contribution in [2.24, 2.45) is 0 Å². The summed E-state index contributed by atoms with van der Waals surface area (Å²) in [5.41, 5.74) is 1.77. The van der Waals surface area contributed by atoms with E-state index >= 15 is 0 Å². The van der Waals surface area contributed by atoms with Crippen molar-refractivity contribution >= 4 is 17.2 Å². The summed E-state index contributed by atoms with van der Waals surface area (Å²) in [6.07, 6.45) is 1.90. The van der Waals surface area contributed by atoms with Crippen molar-refractivity contribution in [1.82, 2.24) is 20.3 Å². The van der Waals surface area contributed by atoms with Crippen LogP contribution >= 0.6 is 11.3 Å². The highest BCUT2D eigenvalue weighted by Crippen LogP contribution is 2.34. The number of aromatic nitrogens is 3. The van der Waals surface area contributed by atoms with Crippen LogP contribution in [0.25, 0.3) is 0 Å². The number of ether oxygens (including phenoxy) is 1. The van der Waals surface area contributed by atoms with E-state index < -0.39 is 18.3 Å². The lowest BCUT2D eigenvalue weighted by atomic mass is 10.1. The van der Waals surface area contributed by atoms with E-state index in [1.807, 2.05) is 6.92 Å². The summed E-state index contributed by atoms with van der Waals surface area (Å²) in [7, 11) is 0. The van der Waals surface area contributed by atoms with Gasteiger partial charge >= 0.3 is 0 Å². The maximum Gasteiger partial charge on any atom is 0.271 e. The van der Waals surface area contributed by atoms with Crippen molar-refractivity contribution in [3.8, 4) is 0 Å². The van der Waals surface area contributed by atoms with Crippen LogP contribution in [0.5, 0.6) is 0 Å². The van der Waals surface area contributed by atoms with Gasteiger partial charge in [-0.1, -0.05) is 0 Å². The van der Waals surface area contributed by atoms with Crippen molar-refractivity contribution in [2.45, 2.75) is 38.2 Å². The van der Waals surface area contributed by atoms with Gasteiger partial charge < -0.3 is 20.3 Å². The fraction of sp³-hybridized carbons (Fsp3) is 0.467. The number of hydrogen-bond acceptors (Lipinski definition) is 8. The highest BCUT2D eigenvalue weighted by Gasteiger charge is 2.36. The zero-order valence-electron chi connectivity index (χ0n) is 13.0. The van der Waals surface area contributed by atoms with Crippen molar-refractivity contribution in [2.75, 3.05) is 6.61 Å². The van der Waals surface area contributed by atoms with Gasteiger partial charge in [0, 0.05) is 18.0 Å². The number of rotatable bonds is 5. The summed E-state index contributed by atoms with van der Waals surface area (Å²) >= 11 is 1.30. The van der Waals surface area contributed by atoms with Crippen LogP contribution in [-0.4, -0.2) is 49.9 Å². The maximum absolute atomic E-state index is 12.2. The van der Waals surface area contributed by atoms with Crippen molar-refractivity contribution in [3.05, 3.63) is 39.9 Å². The molecule has 2 aromatic rings. The fourth-order valence-electron chi connectivity index (χ4n) is 2.36. The number of aliphatic hydroxyl groups excluding tert-OH is 2. The van der Waals surface area contributed by atoms with E-state index in [-0.39, 0.29) is 19.1 Å². The zero-order valence-corrected chi connectivity index (χ0v) is 13.9. The predicted octanol–water partition coefficient (Wildman–Crippen LogP) is 0.355. The van der Waals surface area contributed by atoms with Crippen LogP contribution in [0.4, 0.5) is 0 Å². The standard InChI is InChI=1S/C15H18N4O4S/c1-8-3-17-9(4-16-8)5-18-14(22)10-7-24-15(19-10)12-2-11(21)13(6-20)23-12/h3-4,7,11-13,20-21H,2,5-6H2,1H3,(H,18,22)/t11-,12-,13+/m0/s1. The number of aryl methyl sites for hydroxylation is 1. The molecule has 0 bridgehead atoms. The first-order valence-corrected chi connectivity index (χ1v) is 8.40. The van der Waals surface area contributed by atoms with Gasteiger partial charge in [0.2, 0.25) is 0 Å². The van der Waals surface area contributed by atoms with E-state index in [1.165, 1.54) is 11.3 Å². The average Bonchev–Trinajstić information content (AvgIpc) is 3.20. The minimum atomic E-state index is -0.721. The van der Waals surface area contributed by atoms with E-state index in [0.29, 0.717) is 22.8 Å². The number of aliphatic hydroxyl groups is 2. The Bertz CT molecular complexity index is 706. The van der Waals surface area contributed by atoms with Gasteiger partial charge in [-0.15, -0.1) is 11.3 Å². The lowest BCUT2D eigenvalue weighted by molar-refractivity contribution is -0.0226. The molecule has 0 saturated carbocycles. The predicted molar refractivity (Wildman–Crippen MR) is 85.4 cm³/mol. The van der Waals surface area contributed by atoms with Crippen LogP contribution in [0.2, 0.25) is 0 Å². The van der Waals surface area contributed by atoms with E-state index in [1.54, 1.807) is 17.8 Å². The summed E-state index contributed by atoms with van der Waals surface area (Å²) in [6, 6.07) is 0. The molecule has 3 heterocycles. The SMILES string of the molecule is Cc1cnc(CNC(=O)c2csc([C@@H]3C[C@H](O)[C@@H](CO)O3)n2)cn1. The number of amides is 1. The van der Waals surface area contributed by atoms with Crippen LogP contribution in [0.3, 0.4) is 0 Å². The maximum atomic E-state index is 12.2. The number of thiazole rings is 1. The Hall–Kier alpha value is -1.94. The Morgan fingerprint density at radius 3 is 2.96 bits per heavy atom. The molecule has 1 fully saturated rings. The first kappa shape index (κ1) is 16.9. The molecule has 1 amide bonds. The molecule has 0 radical (unpaired) electrons. The fourth-order valence-corrected chi connectivity index (χ4v) is 3.21. The molecule has 24 heavy (non-hydrogen) atoms. The van der Waals surface area contributed by atoms with Gasteiger partial charge in [0.05, 0.1) is 36.8 Å². The quantitative estimate of drug-likeness (QED) is 0.712. The van der Waals surface area contributed by atoms with E-state index in [2.05, 4.69) is 20.3 Å². The van der Waals surface area contributed by atoms with Gasteiger partial charge in [-0.25, -0.2) is 4.98 Å². The molecule has 0 aromatic carbocycles. The molecule has 3 atom stereocenters. The van der Waals surface area contributed by atoms with E-state index in [9.17, 15) is 9.90 Å². The lowest BCUT2D eigenvalue weighted by Crippen LogP contribution is -2.24. The molecule has 1 saturated heterocycles. The van der Waals surface area contributed by atoms with Gasteiger partial charge in [-0.05, 0) is 6.92 Å². The summed E-state index contributed by atoms with van der Waals surface area (Å²) in [5, 5.41) is 23.9. The second-order valence-corrected chi connectivity index (χ2v) is 6.44. The Kier molecular flexibility index (Phi) is 5.14. The van der Waals surface area contributed by atoms with E-state index in [4.69, 9.17) is 9.84 Å². The topological polar surface area (TPSA) is 117 Å². The smallest absolute Gasteiger partial charge is 0.271 e. The molecule has 3 N–H and O–H groups in total. The molecular formula is C15H18N4O4S. The van der Waals surface area contributed by atoms with Crippen LogP contribution in [0, 0.1) is 6.92 Å². The van der Waals surface area contributed by atoms with Crippen LogP contribution in [0.1, 0.15) is 39.4 Å². The Morgan fingerprint density at radius 1 is 1.46 bits per heavy atom. The van der Waals surface area contributed by atoms with Gasteiger partial charge in [0.25, 0.3) is 5.91 Å². The molecule has 1 aliphatic heterocycles. The van der Waals surface area contributed by atoms with Crippen LogP contribution < -0.4 is 5.32 Å². The molecular weight excluding hydrogens is 332 g/mol. The summed E-state index contributed by atoms with van der Waals surface area (Å²) in [6.45, 7) is 1.87. The average molecular weight is 350 g/mol. The first-order valence-electron chi connectivity index (χ1n) is 7.52. The van der Waals surface area contributed by atoms with Crippen molar-refractivity contribution in [1.29, 1.82) is 0 Å². The Morgan fingerprint density at radius 2 is 2.29 bits per heavy atom. The monoisotopic (exact) mass is 350 g/mol. The summed E-state index contributed by atoms with van der Waals surface area (Å²) in [4.78, 5) is 24.7. The normalized spacial score (nSPS) is 23.4. The molecule has 0 unspecified atom stereocenters. The second kappa shape index (κ2) is 7.31. The number of nitrogens with one attached hydrogen (secondary N) is 1. The van der Waals surface area contributed by atoms with E-state index in [0.717, 1.165) is 5.69 Å². The molecule has 1 aliphatic rings. The van der Waals surface area contributed by atoms with Crippen molar-refractivity contribution in [3.63, 3.8) is 0 Å². The highest BCUT2D eigenvalue weighted by atomic mass is 32.1. The first-order chi connectivity index (χ1) is 11.6. The minimum absolute atomic E-state index is 0.242. The summed E-state index contributed by atoms with van der Waals surface area (Å²) in [5.74, 6) is -0.308. The summed E-state index contributed by atoms with van der Waals surface area (Å²) < 4.78 is 5.54. The molecule has 0 spiro atoms.